The molecular weight excluding hydrogens is 408 g/mol. The number of benzene rings is 2. The summed E-state index contributed by atoms with van der Waals surface area (Å²) in [6.45, 7) is 0.696. The molecule has 0 radical (unpaired) electrons. The van der Waals surface area contributed by atoms with Crippen LogP contribution in [0.3, 0.4) is 0 Å². The summed E-state index contributed by atoms with van der Waals surface area (Å²) in [7, 11) is 3.00. The Morgan fingerprint density at radius 2 is 1.69 bits per heavy atom. The highest BCUT2D eigenvalue weighted by Gasteiger charge is 2.33. The highest BCUT2D eigenvalue weighted by molar-refractivity contribution is 6.27. The molecule has 0 aliphatic heterocycles. The van der Waals surface area contributed by atoms with Crippen molar-refractivity contribution in [3.05, 3.63) is 76.3 Å². The van der Waals surface area contributed by atoms with Gasteiger partial charge in [-0.3, -0.25) is 9.59 Å². The summed E-state index contributed by atoms with van der Waals surface area (Å²) in [5.74, 6) is 1.10. The number of rotatable bonds is 6. The standard InChI is InChI=1S/C24H20N4O4/c1-31-17-9-8-16-18-20(14-6-3-4-7-15(14)21(18)29)28(23(30)19(16)22(17)32-2)13-12-27-24-25-10-5-11-26-24/h3-11H,12-13H2,1-2H3,(H,25,26,27). The number of anilines is 1. The van der Waals surface area contributed by atoms with Gasteiger partial charge in [0, 0.05) is 42.0 Å². The van der Waals surface area contributed by atoms with Gasteiger partial charge in [0.05, 0.1) is 30.9 Å². The van der Waals surface area contributed by atoms with Gasteiger partial charge in [-0.1, -0.05) is 24.3 Å². The molecule has 1 aliphatic rings. The largest absolute Gasteiger partial charge is 0.493 e. The number of aromatic nitrogens is 3. The number of fused-ring (bicyclic) bond motifs is 5. The van der Waals surface area contributed by atoms with E-state index in [4.69, 9.17) is 9.47 Å². The van der Waals surface area contributed by atoms with Crippen LogP contribution in [0.2, 0.25) is 0 Å². The summed E-state index contributed by atoms with van der Waals surface area (Å²) >= 11 is 0. The lowest BCUT2D eigenvalue weighted by Crippen LogP contribution is -2.27. The van der Waals surface area contributed by atoms with Crippen LogP contribution in [0.25, 0.3) is 22.0 Å². The second kappa shape index (κ2) is 7.81. The predicted octanol–water partition coefficient (Wildman–Crippen LogP) is 3.13. The number of carbonyl (C=O) groups is 1. The monoisotopic (exact) mass is 428 g/mol. The highest BCUT2D eigenvalue weighted by Crippen LogP contribution is 2.42. The molecule has 0 saturated carbocycles. The minimum Gasteiger partial charge on any atom is -0.493 e. The molecule has 2 aromatic heterocycles. The molecule has 0 saturated heterocycles. The third-order valence-corrected chi connectivity index (χ3v) is 5.62. The van der Waals surface area contributed by atoms with Crippen LogP contribution < -0.4 is 20.3 Å². The molecule has 8 heteroatoms. The van der Waals surface area contributed by atoms with Crippen molar-refractivity contribution in [2.24, 2.45) is 0 Å². The van der Waals surface area contributed by atoms with Crippen LogP contribution in [0, 0.1) is 0 Å². The van der Waals surface area contributed by atoms with Gasteiger partial charge in [0.2, 0.25) is 5.95 Å². The lowest BCUT2D eigenvalue weighted by molar-refractivity contribution is 0.104. The van der Waals surface area contributed by atoms with Gasteiger partial charge in [-0.05, 0) is 18.2 Å². The van der Waals surface area contributed by atoms with Gasteiger partial charge in [-0.15, -0.1) is 0 Å². The predicted molar refractivity (Wildman–Crippen MR) is 121 cm³/mol. The van der Waals surface area contributed by atoms with Crippen molar-refractivity contribution in [3.63, 3.8) is 0 Å². The van der Waals surface area contributed by atoms with Crippen molar-refractivity contribution in [3.8, 4) is 22.8 Å². The summed E-state index contributed by atoms with van der Waals surface area (Å²) in [6.07, 6.45) is 3.28. The van der Waals surface area contributed by atoms with Crippen LogP contribution in [0.1, 0.15) is 15.9 Å². The zero-order valence-corrected chi connectivity index (χ0v) is 17.6. The first kappa shape index (κ1) is 19.7. The molecule has 1 aliphatic carbocycles. The van der Waals surface area contributed by atoms with Gasteiger partial charge in [-0.25, -0.2) is 9.97 Å². The normalized spacial score (nSPS) is 11.9. The summed E-state index contributed by atoms with van der Waals surface area (Å²) in [5, 5.41) is 4.00. The molecule has 5 rings (SSSR count). The van der Waals surface area contributed by atoms with E-state index in [1.807, 2.05) is 18.2 Å². The zero-order valence-electron chi connectivity index (χ0n) is 17.6. The molecule has 2 heterocycles. The maximum atomic E-state index is 13.8. The molecule has 8 nitrogen and oxygen atoms in total. The van der Waals surface area contributed by atoms with E-state index in [0.717, 1.165) is 5.56 Å². The molecule has 0 amide bonds. The maximum absolute atomic E-state index is 13.8. The number of pyridine rings is 1. The summed E-state index contributed by atoms with van der Waals surface area (Å²) in [5.41, 5.74) is 2.19. The van der Waals surface area contributed by atoms with Crippen molar-refractivity contribution < 1.29 is 14.3 Å². The van der Waals surface area contributed by atoms with E-state index in [2.05, 4.69) is 15.3 Å². The lowest BCUT2D eigenvalue weighted by Gasteiger charge is -2.18. The minimum absolute atomic E-state index is 0.110. The Morgan fingerprint density at radius 1 is 0.938 bits per heavy atom. The van der Waals surface area contributed by atoms with Crippen LogP contribution in [-0.4, -0.2) is 41.1 Å². The fraction of sp³-hybridized carbons (Fsp3) is 0.167. The van der Waals surface area contributed by atoms with E-state index in [1.165, 1.54) is 14.2 Å². The Balaban J connectivity index is 1.74. The van der Waals surface area contributed by atoms with Gasteiger partial charge < -0.3 is 19.4 Å². The Hall–Kier alpha value is -4.20. The number of nitrogens with one attached hydrogen (secondary N) is 1. The van der Waals surface area contributed by atoms with Crippen molar-refractivity contribution in [1.82, 2.24) is 14.5 Å². The number of ketones is 1. The van der Waals surface area contributed by atoms with Crippen molar-refractivity contribution in [2.45, 2.75) is 6.54 Å². The Kier molecular flexibility index (Phi) is 4.82. The van der Waals surface area contributed by atoms with Gasteiger partial charge >= 0.3 is 0 Å². The molecule has 0 atom stereocenters. The molecule has 0 unspecified atom stereocenters. The number of carbonyl (C=O) groups excluding carboxylic acids is 1. The van der Waals surface area contributed by atoms with E-state index in [9.17, 15) is 9.59 Å². The van der Waals surface area contributed by atoms with Gasteiger partial charge in [0.25, 0.3) is 5.56 Å². The molecule has 2 aromatic carbocycles. The molecule has 0 bridgehead atoms. The van der Waals surface area contributed by atoms with Crippen LogP contribution in [0.5, 0.6) is 11.5 Å². The molecule has 4 aromatic rings. The smallest absolute Gasteiger partial charge is 0.262 e. The third kappa shape index (κ3) is 2.91. The first-order valence-corrected chi connectivity index (χ1v) is 10.1. The second-order valence-corrected chi connectivity index (χ2v) is 7.28. The van der Waals surface area contributed by atoms with E-state index in [-0.39, 0.29) is 11.3 Å². The second-order valence-electron chi connectivity index (χ2n) is 7.28. The minimum atomic E-state index is -0.255. The highest BCUT2D eigenvalue weighted by atomic mass is 16.5. The van der Waals surface area contributed by atoms with Gasteiger partial charge in [-0.2, -0.15) is 0 Å². The first-order valence-electron chi connectivity index (χ1n) is 10.1. The Morgan fingerprint density at radius 3 is 2.41 bits per heavy atom. The van der Waals surface area contributed by atoms with Crippen LogP contribution in [0.4, 0.5) is 5.95 Å². The fourth-order valence-corrected chi connectivity index (χ4v) is 4.26. The van der Waals surface area contributed by atoms with Gasteiger partial charge in [0.15, 0.2) is 17.3 Å². The average Bonchev–Trinajstić information content (AvgIpc) is 3.13. The number of hydrogen-bond donors (Lipinski definition) is 1. The Labute approximate surface area is 183 Å². The molecule has 0 spiro atoms. The zero-order chi connectivity index (χ0) is 22.2. The number of nitrogens with zero attached hydrogens (tertiary/aromatic N) is 3. The van der Waals surface area contributed by atoms with Crippen molar-refractivity contribution >= 4 is 22.5 Å². The topological polar surface area (TPSA) is 95.3 Å². The van der Waals surface area contributed by atoms with Gasteiger partial charge in [0.1, 0.15) is 0 Å². The average molecular weight is 428 g/mol. The third-order valence-electron chi connectivity index (χ3n) is 5.62. The molecule has 160 valence electrons. The first-order chi connectivity index (χ1) is 15.7. The van der Waals surface area contributed by atoms with E-state index >= 15 is 0 Å². The number of hydrogen-bond acceptors (Lipinski definition) is 7. The number of ether oxygens (including phenoxy) is 2. The molecule has 0 fully saturated rings. The van der Waals surface area contributed by atoms with Crippen LogP contribution in [0.15, 0.2) is 59.7 Å². The quantitative estimate of drug-likeness (QED) is 0.444. The fourth-order valence-electron chi connectivity index (χ4n) is 4.26. The van der Waals surface area contributed by atoms with Crippen LogP contribution in [-0.2, 0) is 6.54 Å². The van der Waals surface area contributed by atoms with E-state index in [1.54, 1.807) is 41.2 Å². The molecule has 32 heavy (non-hydrogen) atoms. The van der Waals surface area contributed by atoms with Crippen molar-refractivity contribution in [1.29, 1.82) is 0 Å². The van der Waals surface area contributed by atoms with Crippen LogP contribution >= 0.6 is 0 Å². The van der Waals surface area contributed by atoms with Crippen molar-refractivity contribution in [2.75, 3.05) is 26.1 Å². The lowest BCUT2D eigenvalue weighted by atomic mass is 10.0. The van der Waals surface area contributed by atoms with E-state index in [0.29, 0.717) is 58.1 Å². The molecular formula is C24H20N4O4. The molecule has 1 N–H and O–H groups in total. The SMILES string of the molecule is COc1ccc2c3c(n(CCNc4ncccn4)c(=O)c2c1OC)-c1ccccc1C3=O. The Bertz CT molecular complexity index is 1410. The summed E-state index contributed by atoms with van der Waals surface area (Å²) in [6, 6.07) is 12.5. The number of methoxy groups -OCH3 is 2. The summed E-state index contributed by atoms with van der Waals surface area (Å²) in [4.78, 5) is 35.4. The summed E-state index contributed by atoms with van der Waals surface area (Å²) < 4.78 is 12.6. The maximum Gasteiger partial charge on any atom is 0.262 e. The van der Waals surface area contributed by atoms with E-state index < -0.39 is 0 Å².